The highest BCUT2D eigenvalue weighted by atomic mass is 16.2. The van der Waals surface area contributed by atoms with E-state index in [1.807, 2.05) is 4.90 Å². The molecule has 1 fully saturated rings. The molecule has 1 aliphatic heterocycles. The van der Waals surface area contributed by atoms with Crippen LogP contribution in [0.25, 0.3) is 0 Å². The molecule has 94 valence electrons. The zero-order chi connectivity index (χ0) is 12.1. The molecule has 0 aromatic rings. The van der Waals surface area contributed by atoms with Crippen LogP contribution in [0.2, 0.25) is 0 Å². The Morgan fingerprint density at radius 2 is 2.12 bits per heavy atom. The molecule has 2 N–H and O–H groups in total. The minimum atomic E-state index is -0.314. The van der Waals surface area contributed by atoms with Crippen molar-refractivity contribution in [2.24, 2.45) is 11.7 Å². The van der Waals surface area contributed by atoms with Gasteiger partial charge in [-0.25, -0.2) is 0 Å². The molecule has 3 nitrogen and oxygen atoms in total. The molecule has 0 spiro atoms. The lowest BCUT2D eigenvalue weighted by atomic mass is 9.98. The van der Waals surface area contributed by atoms with Gasteiger partial charge in [0.2, 0.25) is 5.91 Å². The molecule has 1 aliphatic rings. The Kier molecular flexibility index (Phi) is 5.26. The van der Waals surface area contributed by atoms with Crippen LogP contribution in [0.1, 0.15) is 52.9 Å². The molecule has 0 aromatic carbocycles. The monoisotopic (exact) mass is 226 g/mol. The predicted molar refractivity (Wildman–Crippen MR) is 67.1 cm³/mol. The first-order chi connectivity index (χ1) is 7.57. The van der Waals surface area contributed by atoms with E-state index in [-0.39, 0.29) is 17.9 Å². The number of carbonyl (C=O) groups is 1. The molecule has 0 aromatic heterocycles. The summed E-state index contributed by atoms with van der Waals surface area (Å²) in [5.41, 5.74) is 6.02. The molecule has 0 bridgehead atoms. The van der Waals surface area contributed by atoms with Crippen molar-refractivity contribution < 1.29 is 4.79 Å². The van der Waals surface area contributed by atoms with Crippen LogP contribution in [0.3, 0.4) is 0 Å². The second kappa shape index (κ2) is 6.24. The summed E-state index contributed by atoms with van der Waals surface area (Å²) in [6.07, 6.45) is 5.70. The van der Waals surface area contributed by atoms with Gasteiger partial charge in [0.05, 0.1) is 6.04 Å². The molecule has 0 radical (unpaired) electrons. The summed E-state index contributed by atoms with van der Waals surface area (Å²) in [5, 5.41) is 0. The Balaban J connectivity index is 2.63. The summed E-state index contributed by atoms with van der Waals surface area (Å²) in [6.45, 7) is 7.19. The third-order valence-corrected chi connectivity index (χ3v) is 3.88. The Morgan fingerprint density at radius 3 is 2.75 bits per heavy atom. The molecule has 0 saturated carbocycles. The molecule has 1 unspecified atom stereocenters. The highest BCUT2D eigenvalue weighted by Crippen LogP contribution is 2.18. The molecule has 0 aliphatic carbocycles. The first-order valence-corrected chi connectivity index (χ1v) is 6.64. The molecule has 3 atom stereocenters. The van der Waals surface area contributed by atoms with Crippen molar-refractivity contribution in [2.75, 3.05) is 6.54 Å². The van der Waals surface area contributed by atoms with Gasteiger partial charge >= 0.3 is 0 Å². The van der Waals surface area contributed by atoms with Gasteiger partial charge in [0.15, 0.2) is 0 Å². The topological polar surface area (TPSA) is 46.3 Å². The molecular formula is C13H26N2O. The molecule has 16 heavy (non-hydrogen) atoms. The third kappa shape index (κ3) is 3.21. The van der Waals surface area contributed by atoms with Crippen LogP contribution in [-0.4, -0.2) is 29.4 Å². The number of nitrogens with two attached hydrogens (primary N) is 1. The van der Waals surface area contributed by atoms with E-state index < -0.39 is 0 Å². The van der Waals surface area contributed by atoms with Gasteiger partial charge < -0.3 is 10.6 Å². The summed E-state index contributed by atoms with van der Waals surface area (Å²) in [4.78, 5) is 14.3. The van der Waals surface area contributed by atoms with Crippen molar-refractivity contribution in [3.05, 3.63) is 0 Å². The normalized spacial score (nSPS) is 26.0. The van der Waals surface area contributed by atoms with Gasteiger partial charge in [0, 0.05) is 12.6 Å². The van der Waals surface area contributed by atoms with Crippen LogP contribution < -0.4 is 5.73 Å². The van der Waals surface area contributed by atoms with Crippen LogP contribution in [0.5, 0.6) is 0 Å². The average molecular weight is 226 g/mol. The van der Waals surface area contributed by atoms with Gasteiger partial charge in [-0.05, 0) is 25.7 Å². The standard InChI is InChI=1S/C13H26N2O/c1-4-10(2)12(14)13(16)15-9-7-5-6-8-11(15)3/h10-12H,4-9,14H2,1-3H3/t10-,11?,12-/m0/s1. The van der Waals surface area contributed by atoms with Crippen molar-refractivity contribution >= 4 is 5.91 Å². The lowest BCUT2D eigenvalue weighted by Gasteiger charge is -2.31. The van der Waals surface area contributed by atoms with E-state index in [1.54, 1.807) is 0 Å². The molecule has 1 heterocycles. The number of rotatable bonds is 3. The third-order valence-electron chi connectivity index (χ3n) is 3.88. The fourth-order valence-electron chi connectivity index (χ4n) is 2.29. The lowest BCUT2D eigenvalue weighted by Crippen LogP contribution is -2.50. The van der Waals surface area contributed by atoms with Crippen LogP contribution in [-0.2, 0) is 4.79 Å². The highest BCUT2D eigenvalue weighted by molar-refractivity contribution is 5.82. The first-order valence-electron chi connectivity index (χ1n) is 6.64. The Bertz CT molecular complexity index is 230. The fraction of sp³-hybridized carbons (Fsp3) is 0.923. The summed E-state index contributed by atoms with van der Waals surface area (Å²) in [5.74, 6) is 0.437. The zero-order valence-corrected chi connectivity index (χ0v) is 10.9. The SMILES string of the molecule is CC[C@H](C)[C@H](N)C(=O)N1CCCCCC1C. The van der Waals surface area contributed by atoms with E-state index in [0.29, 0.717) is 6.04 Å². The van der Waals surface area contributed by atoms with Crippen molar-refractivity contribution in [2.45, 2.75) is 65.0 Å². The Labute approximate surface area is 99.4 Å². The second-order valence-electron chi connectivity index (χ2n) is 5.14. The van der Waals surface area contributed by atoms with Crippen LogP contribution in [0, 0.1) is 5.92 Å². The van der Waals surface area contributed by atoms with Gasteiger partial charge in [-0.15, -0.1) is 0 Å². The quantitative estimate of drug-likeness (QED) is 0.801. The minimum Gasteiger partial charge on any atom is -0.339 e. The first kappa shape index (κ1) is 13.5. The number of hydrogen-bond acceptors (Lipinski definition) is 2. The maximum Gasteiger partial charge on any atom is 0.239 e. The highest BCUT2D eigenvalue weighted by Gasteiger charge is 2.28. The van der Waals surface area contributed by atoms with Crippen molar-refractivity contribution in [3.8, 4) is 0 Å². The lowest BCUT2D eigenvalue weighted by molar-refractivity contribution is -0.135. The van der Waals surface area contributed by atoms with Crippen LogP contribution in [0.4, 0.5) is 0 Å². The smallest absolute Gasteiger partial charge is 0.239 e. The number of amides is 1. The van der Waals surface area contributed by atoms with Crippen LogP contribution in [0.15, 0.2) is 0 Å². The van der Waals surface area contributed by atoms with Gasteiger partial charge in [-0.2, -0.15) is 0 Å². The average Bonchev–Trinajstić information content (AvgIpc) is 2.51. The van der Waals surface area contributed by atoms with E-state index >= 15 is 0 Å². The Hall–Kier alpha value is -0.570. The summed E-state index contributed by atoms with van der Waals surface area (Å²) >= 11 is 0. The fourth-order valence-corrected chi connectivity index (χ4v) is 2.29. The van der Waals surface area contributed by atoms with Crippen molar-refractivity contribution in [1.82, 2.24) is 4.90 Å². The van der Waals surface area contributed by atoms with E-state index in [2.05, 4.69) is 20.8 Å². The number of hydrogen-bond donors (Lipinski definition) is 1. The van der Waals surface area contributed by atoms with Gasteiger partial charge in [-0.1, -0.05) is 33.1 Å². The number of nitrogens with zero attached hydrogens (tertiary/aromatic N) is 1. The maximum atomic E-state index is 12.3. The number of likely N-dealkylation sites (tertiary alicyclic amines) is 1. The van der Waals surface area contributed by atoms with E-state index in [4.69, 9.17) is 5.73 Å². The maximum absolute atomic E-state index is 12.3. The molecule has 1 saturated heterocycles. The van der Waals surface area contributed by atoms with Crippen molar-refractivity contribution in [1.29, 1.82) is 0 Å². The molecule has 1 rings (SSSR count). The van der Waals surface area contributed by atoms with Crippen LogP contribution >= 0.6 is 0 Å². The summed E-state index contributed by atoms with van der Waals surface area (Å²) in [6, 6.07) is 0.0515. The summed E-state index contributed by atoms with van der Waals surface area (Å²) in [7, 11) is 0. The molecule has 3 heteroatoms. The van der Waals surface area contributed by atoms with Gasteiger partial charge in [0.25, 0.3) is 0 Å². The largest absolute Gasteiger partial charge is 0.339 e. The van der Waals surface area contributed by atoms with Gasteiger partial charge in [0.1, 0.15) is 0 Å². The zero-order valence-electron chi connectivity index (χ0n) is 10.9. The van der Waals surface area contributed by atoms with E-state index in [0.717, 1.165) is 25.8 Å². The minimum absolute atomic E-state index is 0.156. The second-order valence-corrected chi connectivity index (χ2v) is 5.14. The van der Waals surface area contributed by atoms with Crippen molar-refractivity contribution in [3.63, 3.8) is 0 Å². The van der Waals surface area contributed by atoms with E-state index in [9.17, 15) is 4.79 Å². The van der Waals surface area contributed by atoms with E-state index in [1.165, 1.54) is 12.8 Å². The van der Waals surface area contributed by atoms with Gasteiger partial charge in [-0.3, -0.25) is 4.79 Å². The Morgan fingerprint density at radius 1 is 1.44 bits per heavy atom. The predicted octanol–water partition coefficient (Wildman–Crippen LogP) is 2.15. The summed E-state index contributed by atoms with van der Waals surface area (Å²) < 4.78 is 0. The molecular weight excluding hydrogens is 200 g/mol. The number of carbonyl (C=O) groups excluding carboxylic acids is 1. The molecule has 1 amide bonds.